The second-order valence-electron chi connectivity index (χ2n) is 2.00. The summed E-state index contributed by atoms with van der Waals surface area (Å²) in [7, 11) is 0. The fourth-order valence-electron chi connectivity index (χ4n) is 0.439. The minimum atomic E-state index is 0.194. The van der Waals surface area contributed by atoms with E-state index < -0.39 is 0 Å². The van der Waals surface area contributed by atoms with Gasteiger partial charge < -0.3 is 8.37 Å². The van der Waals surface area contributed by atoms with Gasteiger partial charge in [0, 0.05) is 11.5 Å². The quantitative estimate of drug-likeness (QED) is 0.460. The zero-order valence-corrected chi connectivity index (χ0v) is 8.96. The van der Waals surface area contributed by atoms with Crippen molar-refractivity contribution in [3.63, 3.8) is 0 Å². The smallest absolute Gasteiger partial charge is 0.0940 e. The molecule has 0 amide bonds. The van der Waals surface area contributed by atoms with Gasteiger partial charge in [-0.2, -0.15) is 0 Å². The van der Waals surface area contributed by atoms with Gasteiger partial charge in [-0.3, -0.25) is 0 Å². The van der Waals surface area contributed by atoms with Crippen LogP contribution < -0.4 is 0 Å². The lowest BCUT2D eigenvalue weighted by atomic mass is 10.5. The Kier molecular flexibility index (Phi) is 9.21. The summed E-state index contributed by atoms with van der Waals surface area (Å²) >= 11 is 2.97. The average Bonchev–Trinajstić information content (AvgIpc) is 2.01. The van der Waals surface area contributed by atoms with Crippen molar-refractivity contribution >= 4 is 24.1 Å². The average molecular weight is 196 g/mol. The van der Waals surface area contributed by atoms with E-state index >= 15 is 0 Å². The van der Waals surface area contributed by atoms with Gasteiger partial charge in [0.15, 0.2) is 0 Å². The molecule has 0 rings (SSSR count). The zero-order chi connectivity index (χ0) is 8.53. The lowest BCUT2D eigenvalue weighted by molar-refractivity contribution is 0.183. The van der Waals surface area contributed by atoms with Crippen LogP contribution in [0, 0.1) is 0 Å². The van der Waals surface area contributed by atoms with Crippen LogP contribution in [-0.4, -0.2) is 24.2 Å². The first-order valence-electron chi connectivity index (χ1n) is 3.83. The van der Waals surface area contributed by atoms with Crippen LogP contribution in [0.2, 0.25) is 0 Å². The van der Waals surface area contributed by atoms with Crippen LogP contribution in [0.3, 0.4) is 0 Å². The highest BCUT2D eigenvalue weighted by atomic mass is 32.2. The first-order chi connectivity index (χ1) is 5.31. The molecule has 11 heavy (non-hydrogen) atoms. The molecule has 0 N–H and O–H groups in total. The molecule has 0 aliphatic heterocycles. The monoisotopic (exact) mass is 196 g/mol. The van der Waals surface area contributed by atoms with Gasteiger partial charge in [-0.05, 0) is 31.0 Å². The SMILES string of the molecule is CCSOCC(C)OSCC. The van der Waals surface area contributed by atoms with Gasteiger partial charge in [-0.15, -0.1) is 0 Å². The summed E-state index contributed by atoms with van der Waals surface area (Å²) in [5, 5.41) is 0. The molecule has 2 nitrogen and oxygen atoms in total. The van der Waals surface area contributed by atoms with E-state index in [-0.39, 0.29) is 6.10 Å². The third-order valence-electron chi connectivity index (χ3n) is 0.854. The molecule has 0 aliphatic carbocycles. The summed E-state index contributed by atoms with van der Waals surface area (Å²) in [4.78, 5) is 0. The summed E-state index contributed by atoms with van der Waals surface area (Å²) < 4.78 is 10.5. The van der Waals surface area contributed by atoms with Gasteiger partial charge in [0.05, 0.1) is 12.7 Å². The minimum absolute atomic E-state index is 0.194. The van der Waals surface area contributed by atoms with E-state index in [9.17, 15) is 0 Å². The van der Waals surface area contributed by atoms with E-state index in [4.69, 9.17) is 8.37 Å². The molecule has 0 bridgehead atoms. The molecule has 0 heterocycles. The molecular formula is C7H16O2S2. The van der Waals surface area contributed by atoms with Crippen LogP contribution in [-0.2, 0) is 8.37 Å². The van der Waals surface area contributed by atoms with E-state index in [1.54, 1.807) is 0 Å². The van der Waals surface area contributed by atoms with Crippen molar-refractivity contribution < 1.29 is 8.37 Å². The maximum absolute atomic E-state index is 5.32. The van der Waals surface area contributed by atoms with Gasteiger partial charge in [-0.25, -0.2) is 0 Å². The van der Waals surface area contributed by atoms with Gasteiger partial charge >= 0.3 is 0 Å². The van der Waals surface area contributed by atoms with E-state index in [0.717, 1.165) is 11.5 Å². The fourth-order valence-corrected chi connectivity index (χ4v) is 1.32. The standard InChI is InChI=1S/C7H16O2S2/c1-4-10-8-6-7(3)9-11-5-2/h7H,4-6H2,1-3H3. The van der Waals surface area contributed by atoms with E-state index in [1.807, 2.05) is 6.92 Å². The third-order valence-corrected chi connectivity index (χ3v) is 2.09. The van der Waals surface area contributed by atoms with Gasteiger partial charge in [0.25, 0.3) is 0 Å². The molecule has 1 atom stereocenters. The van der Waals surface area contributed by atoms with Gasteiger partial charge in [-0.1, -0.05) is 13.8 Å². The Labute approximate surface area is 77.8 Å². The van der Waals surface area contributed by atoms with Crippen molar-refractivity contribution in [1.82, 2.24) is 0 Å². The number of rotatable bonds is 7. The molecule has 0 fully saturated rings. The maximum Gasteiger partial charge on any atom is 0.0940 e. The Morgan fingerprint density at radius 1 is 1.18 bits per heavy atom. The van der Waals surface area contributed by atoms with E-state index in [0.29, 0.717) is 6.61 Å². The van der Waals surface area contributed by atoms with Crippen molar-refractivity contribution in [2.45, 2.75) is 26.9 Å². The summed E-state index contributed by atoms with van der Waals surface area (Å²) in [6, 6.07) is 0. The molecular weight excluding hydrogens is 180 g/mol. The van der Waals surface area contributed by atoms with Crippen LogP contribution in [0.5, 0.6) is 0 Å². The van der Waals surface area contributed by atoms with Crippen LogP contribution in [0.1, 0.15) is 20.8 Å². The summed E-state index contributed by atoms with van der Waals surface area (Å²) in [5.41, 5.74) is 0. The molecule has 0 saturated carbocycles. The lowest BCUT2D eigenvalue weighted by Crippen LogP contribution is -2.10. The Hall–Kier alpha value is 0.620. The van der Waals surface area contributed by atoms with E-state index in [2.05, 4.69) is 13.8 Å². The zero-order valence-electron chi connectivity index (χ0n) is 7.33. The largest absolute Gasteiger partial charge is 0.313 e. The number of hydrogen-bond donors (Lipinski definition) is 0. The predicted molar refractivity (Wildman–Crippen MR) is 52.8 cm³/mol. The summed E-state index contributed by atoms with van der Waals surface area (Å²) in [6.45, 7) is 6.82. The van der Waals surface area contributed by atoms with Crippen molar-refractivity contribution in [3.8, 4) is 0 Å². The molecule has 0 aliphatic rings. The molecule has 0 radical (unpaired) electrons. The molecule has 0 saturated heterocycles. The Morgan fingerprint density at radius 2 is 1.82 bits per heavy atom. The first kappa shape index (κ1) is 11.6. The lowest BCUT2D eigenvalue weighted by Gasteiger charge is -2.09. The highest BCUT2D eigenvalue weighted by molar-refractivity contribution is 7.94. The second kappa shape index (κ2) is 8.71. The minimum Gasteiger partial charge on any atom is -0.313 e. The molecule has 0 spiro atoms. The highest BCUT2D eigenvalue weighted by Crippen LogP contribution is 2.09. The number of hydrogen-bond acceptors (Lipinski definition) is 4. The second-order valence-corrected chi connectivity index (χ2v) is 4.06. The normalized spacial score (nSPS) is 13.4. The Bertz CT molecular complexity index is 80.8. The Balaban J connectivity index is 3.02. The molecule has 68 valence electrons. The van der Waals surface area contributed by atoms with Crippen molar-refractivity contribution in [2.75, 3.05) is 18.1 Å². The van der Waals surface area contributed by atoms with Crippen LogP contribution in [0.4, 0.5) is 0 Å². The molecule has 1 unspecified atom stereocenters. The highest BCUT2D eigenvalue weighted by Gasteiger charge is 2.01. The topological polar surface area (TPSA) is 18.5 Å². The fraction of sp³-hybridized carbons (Fsp3) is 1.00. The summed E-state index contributed by atoms with van der Waals surface area (Å²) in [6.07, 6.45) is 0.194. The molecule has 4 heteroatoms. The van der Waals surface area contributed by atoms with Crippen LogP contribution in [0.25, 0.3) is 0 Å². The van der Waals surface area contributed by atoms with Crippen LogP contribution in [0.15, 0.2) is 0 Å². The van der Waals surface area contributed by atoms with Crippen molar-refractivity contribution in [1.29, 1.82) is 0 Å². The molecule has 0 aromatic rings. The third kappa shape index (κ3) is 8.53. The predicted octanol–water partition coefficient (Wildman–Crippen LogP) is 2.74. The maximum atomic E-state index is 5.32. The van der Waals surface area contributed by atoms with E-state index in [1.165, 1.54) is 24.1 Å². The Morgan fingerprint density at radius 3 is 2.36 bits per heavy atom. The molecule has 0 aromatic heterocycles. The summed E-state index contributed by atoms with van der Waals surface area (Å²) in [5.74, 6) is 1.99. The van der Waals surface area contributed by atoms with Gasteiger partial charge in [0.1, 0.15) is 0 Å². The first-order valence-corrected chi connectivity index (χ1v) is 5.66. The van der Waals surface area contributed by atoms with Crippen LogP contribution >= 0.6 is 24.1 Å². The van der Waals surface area contributed by atoms with Crippen molar-refractivity contribution in [2.24, 2.45) is 0 Å². The van der Waals surface area contributed by atoms with Crippen molar-refractivity contribution in [3.05, 3.63) is 0 Å². The molecule has 0 aromatic carbocycles. The van der Waals surface area contributed by atoms with Gasteiger partial charge in [0.2, 0.25) is 0 Å².